The smallest absolute Gasteiger partial charge is 0.195 e. The topological polar surface area (TPSA) is 43.1 Å². The van der Waals surface area contributed by atoms with Gasteiger partial charge in [-0.2, -0.15) is 0 Å². The van der Waals surface area contributed by atoms with Gasteiger partial charge in [-0.25, -0.2) is 4.39 Å². The van der Waals surface area contributed by atoms with E-state index in [9.17, 15) is 9.18 Å². The summed E-state index contributed by atoms with van der Waals surface area (Å²) in [6.07, 6.45) is 0. The van der Waals surface area contributed by atoms with Gasteiger partial charge in [-0.1, -0.05) is 40.2 Å². The first kappa shape index (κ1) is 13.8. The molecule has 0 aliphatic rings. The number of benzene rings is 3. The highest BCUT2D eigenvalue weighted by Crippen LogP contribution is 2.29. The Morgan fingerprint density at radius 1 is 0.952 bits per heavy atom. The minimum Gasteiger partial charge on any atom is -0.398 e. The van der Waals surface area contributed by atoms with Gasteiger partial charge in [0.1, 0.15) is 5.82 Å². The summed E-state index contributed by atoms with van der Waals surface area (Å²) in [5.74, 6) is -0.666. The third-order valence-electron chi connectivity index (χ3n) is 3.37. The molecule has 0 aliphatic heterocycles. The van der Waals surface area contributed by atoms with Crippen LogP contribution in [0.1, 0.15) is 15.9 Å². The van der Waals surface area contributed by atoms with Crippen molar-refractivity contribution in [2.24, 2.45) is 0 Å². The van der Waals surface area contributed by atoms with Gasteiger partial charge in [-0.05, 0) is 41.1 Å². The maximum atomic E-state index is 13.1. The third-order valence-corrected chi connectivity index (χ3v) is 4.07. The maximum Gasteiger partial charge on any atom is 0.195 e. The largest absolute Gasteiger partial charge is 0.398 e. The van der Waals surface area contributed by atoms with Crippen LogP contribution in [0.3, 0.4) is 0 Å². The summed E-state index contributed by atoms with van der Waals surface area (Å²) in [5, 5.41) is 1.78. The minimum absolute atomic E-state index is 0.145. The number of carbonyl (C=O) groups excluding carboxylic acids is 1. The second-order valence-electron chi connectivity index (χ2n) is 4.70. The average molecular weight is 344 g/mol. The lowest BCUT2D eigenvalue weighted by Gasteiger charge is -2.09. The highest BCUT2D eigenvalue weighted by atomic mass is 79.9. The molecule has 0 heterocycles. The molecule has 0 radical (unpaired) electrons. The molecule has 0 bridgehead atoms. The molecule has 0 saturated heterocycles. The van der Waals surface area contributed by atoms with Crippen LogP contribution < -0.4 is 5.73 Å². The van der Waals surface area contributed by atoms with Crippen LogP contribution in [0.5, 0.6) is 0 Å². The molecular weight excluding hydrogens is 333 g/mol. The molecule has 0 spiro atoms. The van der Waals surface area contributed by atoms with Crippen LogP contribution in [0.4, 0.5) is 10.1 Å². The Bertz CT molecular complexity index is 861. The van der Waals surface area contributed by atoms with Crippen molar-refractivity contribution in [2.45, 2.75) is 0 Å². The fraction of sp³-hybridized carbons (Fsp3) is 0. The van der Waals surface area contributed by atoms with Crippen molar-refractivity contribution < 1.29 is 9.18 Å². The highest BCUT2D eigenvalue weighted by Gasteiger charge is 2.16. The first-order valence-electron chi connectivity index (χ1n) is 6.35. The Hall–Kier alpha value is -2.20. The summed E-state index contributed by atoms with van der Waals surface area (Å²) in [6, 6.07) is 15.0. The van der Waals surface area contributed by atoms with Crippen molar-refractivity contribution in [3.63, 3.8) is 0 Å². The lowest BCUT2D eigenvalue weighted by Crippen LogP contribution is -2.06. The van der Waals surface area contributed by atoms with Gasteiger partial charge in [0, 0.05) is 21.3 Å². The predicted octanol–water partition coefficient (Wildman–Crippen LogP) is 4.55. The fourth-order valence-electron chi connectivity index (χ4n) is 2.35. The number of rotatable bonds is 2. The van der Waals surface area contributed by atoms with Gasteiger partial charge in [-0.15, -0.1) is 0 Å². The first-order chi connectivity index (χ1) is 10.1. The fourth-order valence-corrected chi connectivity index (χ4v) is 2.82. The molecule has 0 amide bonds. The van der Waals surface area contributed by atoms with Gasteiger partial charge in [0.25, 0.3) is 0 Å². The predicted molar refractivity (Wildman–Crippen MR) is 85.9 cm³/mol. The van der Waals surface area contributed by atoms with Crippen LogP contribution in [0.2, 0.25) is 0 Å². The summed E-state index contributed by atoms with van der Waals surface area (Å²) >= 11 is 3.47. The Morgan fingerprint density at radius 3 is 2.33 bits per heavy atom. The van der Waals surface area contributed by atoms with Gasteiger partial charge in [-0.3, -0.25) is 4.79 Å². The molecule has 21 heavy (non-hydrogen) atoms. The van der Waals surface area contributed by atoms with Crippen LogP contribution in [-0.4, -0.2) is 5.78 Å². The molecule has 3 aromatic carbocycles. The van der Waals surface area contributed by atoms with E-state index in [4.69, 9.17) is 5.73 Å². The average Bonchev–Trinajstić information content (AvgIpc) is 2.47. The van der Waals surface area contributed by atoms with Crippen molar-refractivity contribution in [3.05, 3.63) is 76.0 Å². The minimum atomic E-state index is -0.454. The quantitative estimate of drug-likeness (QED) is 0.547. The summed E-state index contributed by atoms with van der Waals surface area (Å²) in [5.41, 5.74) is 6.77. The van der Waals surface area contributed by atoms with E-state index in [2.05, 4.69) is 15.9 Å². The molecule has 104 valence electrons. The molecule has 0 atom stereocenters. The van der Waals surface area contributed by atoms with Crippen molar-refractivity contribution in [2.75, 3.05) is 5.73 Å². The molecule has 2 N–H and O–H groups in total. The van der Waals surface area contributed by atoms with Crippen LogP contribution in [0, 0.1) is 5.82 Å². The van der Waals surface area contributed by atoms with Crippen molar-refractivity contribution in [1.82, 2.24) is 0 Å². The number of nitrogens with two attached hydrogens (primary N) is 1. The number of halogens is 2. The molecule has 3 rings (SSSR count). The lowest BCUT2D eigenvalue weighted by molar-refractivity contribution is 0.104. The molecule has 0 aliphatic carbocycles. The number of hydrogen-bond acceptors (Lipinski definition) is 2. The first-order valence-corrected chi connectivity index (χ1v) is 7.14. The monoisotopic (exact) mass is 343 g/mol. The number of anilines is 1. The maximum absolute atomic E-state index is 13.1. The molecule has 0 fully saturated rings. The van der Waals surface area contributed by atoms with E-state index in [0.29, 0.717) is 11.1 Å². The molecule has 0 aromatic heterocycles. The summed E-state index contributed by atoms with van der Waals surface area (Å²) < 4.78 is 14.0. The number of fused-ring (bicyclic) bond motifs is 1. The lowest BCUT2D eigenvalue weighted by atomic mass is 9.96. The zero-order chi connectivity index (χ0) is 15.0. The van der Waals surface area contributed by atoms with Crippen molar-refractivity contribution in [1.29, 1.82) is 0 Å². The number of carbonyl (C=O) groups is 1. The highest BCUT2D eigenvalue weighted by molar-refractivity contribution is 9.10. The summed E-state index contributed by atoms with van der Waals surface area (Å²) in [6.45, 7) is 0. The Morgan fingerprint density at radius 2 is 1.62 bits per heavy atom. The molecule has 3 aromatic rings. The molecule has 0 unspecified atom stereocenters. The van der Waals surface area contributed by atoms with Crippen LogP contribution >= 0.6 is 15.9 Å². The van der Waals surface area contributed by atoms with Crippen LogP contribution in [0.25, 0.3) is 10.8 Å². The second kappa shape index (κ2) is 5.30. The van der Waals surface area contributed by atoms with Gasteiger partial charge in [0.15, 0.2) is 5.78 Å². The Labute approximate surface area is 129 Å². The number of hydrogen-bond donors (Lipinski definition) is 1. The third kappa shape index (κ3) is 2.43. The summed E-state index contributed by atoms with van der Waals surface area (Å²) in [4.78, 5) is 12.7. The van der Waals surface area contributed by atoms with Gasteiger partial charge >= 0.3 is 0 Å². The van der Waals surface area contributed by atoms with Gasteiger partial charge < -0.3 is 5.73 Å². The van der Waals surface area contributed by atoms with E-state index in [1.165, 1.54) is 12.1 Å². The van der Waals surface area contributed by atoms with E-state index in [1.807, 2.05) is 30.3 Å². The molecule has 0 saturated carbocycles. The van der Waals surface area contributed by atoms with Crippen LogP contribution in [0.15, 0.2) is 59.1 Å². The van der Waals surface area contributed by atoms with Gasteiger partial charge in [0.05, 0.1) is 0 Å². The van der Waals surface area contributed by atoms with Gasteiger partial charge in [0.2, 0.25) is 0 Å². The zero-order valence-electron chi connectivity index (χ0n) is 10.9. The summed E-state index contributed by atoms with van der Waals surface area (Å²) in [7, 11) is 0. The Kier molecular flexibility index (Phi) is 3.47. The zero-order valence-corrected chi connectivity index (χ0v) is 12.5. The van der Waals surface area contributed by atoms with Crippen molar-refractivity contribution in [3.8, 4) is 0 Å². The second-order valence-corrected chi connectivity index (χ2v) is 5.56. The van der Waals surface area contributed by atoms with Crippen LogP contribution in [-0.2, 0) is 0 Å². The van der Waals surface area contributed by atoms with E-state index in [0.717, 1.165) is 21.3 Å². The van der Waals surface area contributed by atoms with E-state index in [-0.39, 0.29) is 11.5 Å². The molecular formula is C17H11BrFNO. The van der Waals surface area contributed by atoms with E-state index >= 15 is 0 Å². The molecule has 2 nitrogen and oxygen atoms in total. The Balaban J connectivity index is 2.21. The number of nitrogen functional groups attached to an aromatic ring is 1. The SMILES string of the molecule is Nc1cc(F)ccc1C(=O)c1ccc(Br)c2ccccc12. The molecule has 4 heteroatoms. The standard InChI is InChI=1S/C17H11BrFNO/c18-15-8-7-13(11-3-1-2-4-12(11)15)17(21)14-6-5-10(19)9-16(14)20/h1-9H,20H2. The van der Waals surface area contributed by atoms with E-state index < -0.39 is 5.82 Å². The van der Waals surface area contributed by atoms with Crippen molar-refractivity contribution >= 4 is 38.2 Å². The van der Waals surface area contributed by atoms with E-state index in [1.54, 1.807) is 6.07 Å². The normalized spacial score (nSPS) is 10.8. The number of ketones is 1.